The van der Waals surface area contributed by atoms with Crippen molar-refractivity contribution in [2.75, 3.05) is 0 Å². The number of alkyl halides is 2. The van der Waals surface area contributed by atoms with E-state index >= 15 is 0 Å². The van der Waals surface area contributed by atoms with Gasteiger partial charge in [-0.2, -0.15) is 0 Å². The van der Waals surface area contributed by atoms with Gasteiger partial charge in [-0.3, -0.25) is 0 Å². The van der Waals surface area contributed by atoms with Crippen LogP contribution in [0, 0.1) is 16.7 Å². The second kappa shape index (κ2) is 4.79. The van der Waals surface area contributed by atoms with E-state index in [9.17, 15) is 0 Å². The monoisotopic (exact) mass is 400 g/mol. The van der Waals surface area contributed by atoms with E-state index in [1.165, 1.54) is 31.3 Å². The van der Waals surface area contributed by atoms with E-state index in [0.29, 0.717) is 11.3 Å². The Labute approximate surface area is 149 Å². The SMILES string of the molecule is C=C1C(C)(C)C2CCC1([Se]C(Cl)Cl)C21Cc2ccccc2C1. The molecule has 0 radical (unpaired) electrons. The van der Waals surface area contributed by atoms with Crippen molar-refractivity contribution in [2.45, 2.75) is 47.6 Å². The predicted molar refractivity (Wildman–Crippen MR) is 95.9 cm³/mol. The van der Waals surface area contributed by atoms with Crippen LogP contribution in [0.3, 0.4) is 0 Å². The minimum atomic E-state index is -0.238. The average molecular weight is 400 g/mol. The van der Waals surface area contributed by atoms with E-state index in [2.05, 4.69) is 44.7 Å². The molecule has 3 aliphatic carbocycles. The van der Waals surface area contributed by atoms with Crippen LogP contribution in [0.1, 0.15) is 37.8 Å². The van der Waals surface area contributed by atoms with Crippen LogP contribution in [-0.2, 0) is 12.8 Å². The third-order valence-corrected chi connectivity index (χ3v) is 10.8. The van der Waals surface area contributed by atoms with E-state index in [4.69, 9.17) is 23.2 Å². The molecule has 1 aromatic rings. The average Bonchev–Trinajstić information content (AvgIpc) is 3.00. The summed E-state index contributed by atoms with van der Waals surface area (Å²) >= 11 is 12.8. The van der Waals surface area contributed by atoms with Crippen LogP contribution in [0.15, 0.2) is 36.4 Å². The third kappa shape index (κ3) is 1.72. The Morgan fingerprint density at radius 1 is 1.18 bits per heavy atom. The topological polar surface area (TPSA) is 0 Å². The van der Waals surface area contributed by atoms with Gasteiger partial charge in [0, 0.05) is 0 Å². The van der Waals surface area contributed by atoms with Crippen LogP contribution in [-0.4, -0.2) is 18.7 Å². The summed E-state index contributed by atoms with van der Waals surface area (Å²) in [5.74, 6) is 0.717. The van der Waals surface area contributed by atoms with Gasteiger partial charge in [0.05, 0.1) is 0 Å². The van der Waals surface area contributed by atoms with E-state index in [1.54, 1.807) is 11.1 Å². The van der Waals surface area contributed by atoms with Gasteiger partial charge in [0.2, 0.25) is 0 Å². The van der Waals surface area contributed by atoms with Gasteiger partial charge in [0.25, 0.3) is 0 Å². The van der Waals surface area contributed by atoms with Crippen molar-refractivity contribution in [2.24, 2.45) is 16.7 Å². The summed E-state index contributed by atoms with van der Waals surface area (Å²) in [6, 6.07) is 8.99. The molecule has 2 fully saturated rings. The van der Waals surface area contributed by atoms with Crippen LogP contribution < -0.4 is 0 Å². The molecule has 1 aromatic carbocycles. The number of fused-ring (bicyclic) bond motifs is 1. The second-order valence-electron chi connectivity index (χ2n) is 7.78. The molecule has 0 aromatic heterocycles. The Balaban J connectivity index is 1.87. The van der Waals surface area contributed by atoms with Gasteiger partial charge in [-0.15, -0.1) is 0 Å². The fourth-order valence-electron chi connectivity index (χ4n) is 5.96. The number of halogens is 2. The molecule has 22 heavy (non-hydrogen) atoms. The standard InChI is InChI=1S/C19H22Cl2Se/c1-12-17(2,3)15-8-9-19(12,22-16(20)21)18(15)10-13-6-4-5-7-14(13)11-18/h4-7,15-16H,1,8-11H2,2-3H3. The molecule has 3 heteroatoms. The molecular formula is C19H22Cl2Se. The first kappa shape index (κ1) is 15.6. The molecule has 1 spiro atoms. The van der Waals surface area contributed by atoms with Crippen LogP contribution in [0.25, 0.3) is 0 Å². The zero-order valence-corrected chi connectivity index (χ0v) is 16.4. The van der Waals surface area contributed by atoms with Gasteiger partial charge in [-0.1, -0.05) is 0 Å². The molecule has 0 amide bonds. The number of rotatable bonds is 2. The van der Waals surface area contributed by atoms with Crippen molar-refractivity contribution in [3.8, 4) is 0 Å². The maximum absolute atomic E-state index is 6.33. The summed E-state index contributed by atoms with van der Waals surface area (Å²) in [4.78, 5) is 0. The van der Waals surface area contributed by atoms with Crippen molar-refractivity contribution >= 4 is 38.2 Å². The maximum atomic E-state index is 6.33. The van der Waals surface area contributed by atoms with Crippen LogP contribution >= 0.6 is 23.2 Å². The fourth-order valence-corrected chi connectivity index (χ4v) is 10.6. The molecule has 0 N–H and O–H groups in total. The summed E-state index contributed by atoms with van der Waals surface area (Å²) in [5.41, 5.74) is 5.06. The zero-order valence-electron chi connectivity index (χ0n) is 13.2. The Morgan fingerprint density at radius 2 is 1.77 bits per heavy atom. The van der Waals surface area contributed by atoms with E-state index in [-0.39, 0.29) is 28.4 Å². The van der Waals surface area contributed by atoms with Crippen LogP contribution in [0.2, 0.25) is 4.31 Å². The molecular weight excluding hydrogens is 378 g/mol. The Bertz CT molecular complexity index is 624. The van der Waals surface area contributed by atoms with E-state index in [1.807, 2.05) is 0 Å². The summed E-state index contributed by atoms with van der Waals surface area (Å²) in [6.07, 6.45) is 4.93. The summed E-state index contributed by atoms with van der Waals surface area (Å²) in [5, 5.41) is 0. The molecule has 118 valence electrons. The zero-order chi connectivity index (χ0) is 15.8. The predicted octanol–water partition coefficient (Wildman–Crippen LogP) is 5.40. The molecule has 2 bridgehead atoms. The van der Waals surface area contributed by atoms with Crippen molar-refractivity contribution in [3.05, 3.63) is 47.5 Å². The Morgan fingerprint density at radius 3 is 2.32 bits per heavy atom. The normalized spacial score (nSPS) is 33.9. The van der Waals surface area contributed by atoms with Gasteiger partial charge in [0.15, 0.2) is 0 Å². The number of allylic oxidation sites excluding steroid dienone is 1. The molecule has 0 saturated heterocycles. The molecule has 4 rings (SSSR count). The molecule has 2 atom stereocenters. The van der Waals surface area contributed by atoms with E-state index in [0.717, 1.165) is 0 Å². The minimum absolute atomic E-state index is 0.182. The Kier molecular flexibility index (Phi) is 3.39. The first-order valence-corrected chi connectivity index (χ1v) is 10.8. The van der Waals surface area contributed by atoms with Crippen LogP contribution in [0.5, 0.6) is 0 Å². The Hall–Kier alpha value is 0.0595. The van der Waals surface area contributed by atoms with Crippen molar-refractivity contribution in [1.29, 1.82) is 0 Å². The molecule has 0 aliphatic heterocycles. The summed E-state index contributed by atoms with van der Waals surface area (Å²) in [7, 11) is 0. The van der Waals surface area contributed by atoms with Gasteiger partial charge in [0.1, 0.15) is 0 Å². The van der Waals surface area contributed by atoms with Gasteiger partial charge >= 0.3 is 150 Å². The van der Waals surface area contributed by atoms with E-state index < -0.39 is 0 Å². The molecule has 2 saturated carbocycles. The first-order valence-electron chi connectivity index (χ1n) is 8.06. The van der Waals surface area contributed by atoms with Crippen molar-refractivity contribution in [1.82, 2.24) is 0 Å². The van der Waals surface area contributed by atoms with Gasteiger partial charge in [-0.25, -0.2) is 0 Å². The van der Waals surface area contributed by atoms with Gasteiger partial charge < -0.3 is 0 Å². The first-order chi connectivity index (χ1) is 10.3. The number of hydrogen-bond acceptors (Lipinski definition) is 0. The van der Waals surface area contributed by atoms with Gasteiger partial charge in [-0.05, 0) is 0 Å². The molecule has 3 aliphatic rings. The molecule has 0 heterocycles. The fraction of sp³-hybridized carbons (Fsp3) is 0.579. The second-order valence-corrected chi connectivity index (χ2v) is 13.0. The number of hydrogen-bond donors (Lipinski definition) is 0. The number of benzene rings is 1. The van der Waals surface area contributed by atoms with Crippen LogP contribution in [0.4, 0.5) is 0 Å². The van der Waals surface area contributed by atoms with Crippen molar-refractivity contribution < 1.29 is 0 Å². The third-order valence-electron chi connectivity index (χ3n) is 6.81. The summed E-state index contributed by atoms with van der Waals surface area (Å²) < 4.78 is -0.0565. The summed E-state index contributed by atoms with van der Waals surface area (Å²) in [6.45, 7) is 9.40. The quantitative estimate of drug-likeness (QED) is 0.354. The molecule has 2 unspecified atom stereocenters. The molecule has 0 nitrogen and oxygen atoms in total. The van der Waals surface area contributed by atoms with Crippen molar-refractivity contribution in [3.63, 3.8) is 0 Å².